The van der Waals surface area contributed by atoms with Crippen LogP contribution >= 0.6 is 0 Å². The van der Waals surface area contributed by atoms with Gasteiger partial charge in [0.2, 0.25) is 5.88 Å². The van der Waals surface area contributed by atoms with Gasteiger partial charge in [0, 0.05) is 12.5 Å². The Morgan fingerprint density at radius 2 is 2.00 bits per heavy atom. The second-order valence-corrected chi connectivity index (χ2v) is 3.99. The van der Waals surface area contributed by atoms with Crippen LogP contribution in [0.1, 0.15) is 18.3 Å². The van der Waals surface area contributed by atoms with E-state index in [4.69, 9.17) is 10.5 Å². The van der Waals surface area contributed by atoms with Gasteiger partial charge in [0.05, 0.1) is 5.56 Å². The Morgan fingerprint density at radius 3 is 2.63 bits per heavy atom. The average molecular weight is 265 g/mol. The Balaban J connectivity index is 2.40. The minimum atomic E-state index is -0.797. The molecule has 4 nitrogen and oxygen atoms in total. The van der Waals surface area contributed by atoms with Crippen LogP contribution in [0.15, 0.2) is 18.2 Å². The fraction of sp³-hybridized carbons (Fsp3) is 0.231. The maximum Gasteiger partial charge on any atom is 0.227 e. The van der Waals surface area contributed by atoms with Crippen molar-refractivity contribution in [2.45, 2.75) is 20.3 Å². The molecule has 0 spiro atoms. The summed E-state index contributed by atoms with van der Waals surface area (Å²) in [5.41, 5.74) is 6.24. The minimum Gasteiger partial charge on any atom is -0.435 e. The van der Waals surface area contributed by atoms with Gasteiger partial charge in [-0.2, -0.15) is 4.98 Å². The van der Waals surface area contributed by atoms with E-state index < -0.39 is 11.6 Å². The number of aryl methyl sites for hydroxylation is 1. The van der Waals surface area contributed by atoms with Crippen LogP contribution in [0, 0.1) is 18.6 Å². The summed E-state index contributed by atoms with van der Waals surface area (Å²) >= 11 is 0. The van der Waals surface area contributed by atoms with E-state index in [1.54, 1.807) is 6.92 Å². The van der Waals surface area contributed by atoms with Crippen LogP contribution in [0.2, 0.25) is 0 Å². The highest BCUT2D eigenvalue weighted by Crippen LogP contribution is 2.28. The van der Waals surface area contributed by atoms with Gasteiger partial charge in [0.25, 0.3) is 0 Å². The molecule has 0 saturated heterocycles. The van der Waals surface area contributed by atoms with Crippen LogP contribution in [-0.4, -0.2) is 9.97 Å². The van der Waals surface area contributed by atoms with Crippen molar-refractivity contribution in [1.29, 1.82) is 0 Å². The molecule has 1 aromatic heterocycles. The summed E-state index contributed by atoms with van der Waals surface area (Å²) in [7, 11) is 0. The number of benzene rings is 1. The molecular formula is C13H13F2N3O. The fourth-order valence-corrected chi connectivity index (χ4v) is 1.48. The van der Waals surface area contributed by atoms with Crippen molar-refractivity contribution in [1.82, 2.24) is 9.97 Å². The number of halogens is 2. The van der Waals surface area contributed by atoms with Crippen LogP contribution in [0.5, 0.6) is 11.6 Å². The van der Waals surface area contributed by atoms with Crippen molar-refractivity contribution >= 4 is 5.82 Å². The molecule has 0 fully saturated rings. The highest BCUT2D eigenvalue weighted by atomic mass is 19.1. The van der Waals surface area contributed by atoms with Crippen molar-refractivity contribution in [3.63, 3.8) is 0 Å². The molecule has 0 amide bonds. The van der Waals surface area contributed by atoms with Crippen LogP contribution in [-0.2, 0) is 6.42 Å². The summed E-state index contributed by atoms with van der Waals surface area (Å²) in [6.45, 7) is 3.54. The van der Waals surface area contributed by atoms with Gasteiger partial charge >= 0.3 is 0 Å². The molecule has 19 heavy (non-hydrogen) atoms. The predicted octanol–water partition coefficient (Wildman–Crippen LogP) is 3.00. The number of nitrogens with zero attached hydrogens (tertiary/aromatic N) is 2. The number of ether oxygens (including phenoxy) is 1. The SMILES string of the molecule is CCc1nc(N)c(C)c(Oc2ccc(F)cc2F)n1. The number of anilines is 1. The van der Waals surface area contributed by atoms with Crippen LogP contribution in [0.4, 0.5) is 14.6 Å². The third-order valence-electron chi connectivity index (χ3n) is 2.60. The summed E-state index contributed by atoms with van der Waals surface area (Å²) < 4.78 is 31.7. The van der Waals surface area contributed by atoms with Gasteiger partial charge in [-0.15, -0.1) is 0 Å². The lowest BCUT2D eigenvalue weighted by molar-refractivity contribution is 0.418. The molecular weight excluding hydrogens is 252 g/mol. The molecule has 2 rings (SSSR count). The van der Waals surface area contributed by atoms with Crippen molar-refractivity contribution < 1.29 is 13.5 Å². The molecule has 6 heteroatoms. The lowest BCUT2D eigenvalue weighted by Gasteiger charge is -2.11. The molecule has 0 unspecified atom stereocenters. The first kappa shape index (κ1) is 13.2. The molecule has 0 aliphatic rings. The van der Waals surface area contributed by atoms with E-state index in [-0.39, 0.29) is 17.4 Å². The van der Waals surface area contributed by atoms with E-state index in [2.05, 4.69) is 9.97 Å². The standard InChI is InChI=1S/C13H13F2N3O/c1-3-11-17-12(16)7(2)13(18-11)19-10-5-4-8(14)6-9(10)15/h4-6H,3H2,1-2H3,(H2,16,17,18). The Bertz CT molecular complexity index is 617. The molecule has 1 heterocycles. The second kappa shape index (κ2) is 5.17. The predicted molar refractivity (Wildman–Crippen MR) is 67.0 cm³/mol. The third kappa shape index (κ3) is 2.78. The van der Waals surface area contributed by atoms with Crippen LogP contribution in [0.25, 0.3) is 0 Å². The van der Waals surface area contributed by atoms with E-state index in [1.807, 2.05) is 6.92 Å². The normalized spacial score (nSPS) is 10.5. The van der Waals surface area contributed by atoms with Gasteiger partial charge in [-0.1, -0.05) is 6.92 Å². The topological polar surface area (TPSA) is 61.0 Å². The zero-order valence-corrected chi connectivity index (χ0v) is 10.6. The van der Waals surface area contributed by atoms with Crippen LogP contribution in [0.3, 0.4) is 0 Å². The lowest BCUT2D eigenvalue weighted by atomic mass is 10.3. The van der Waals surface area contributed by atoms with Gasteiger partial charge in [-0.3, -0.25) is 0 Å². The van der Waals surface area contributed by atoms with E-state index in [0.29, 0.717) is 17.8 Å². The maximum atomic E-state index is 13.5. The van der Waals surface area contributed by atoms with Crippen molar-refractivity contribution in [3.8, 4) is 11.6 Å². The number of hydrogen-bond donors (Lipinski definition) is 1. The summed E-state index contributed by atoms with van der Waals surface area (Å²) in [5.74, 6) is -0.614. The largest absolute Gasteiger partial charge is 0.435 e. The number of hydrogen-bond acceptors (Lipinski definition) is 4. The van der Waals surface area contributed by atoms with E-state index in [1.165, 1.54) is 6.07 Å². The molecule has 0 radical (unpaired) electrons. The van der Waals surface area contributed by atoms with Gasteiger partial charge in [-0.25, -0.2) is 13.8 Å². The first-order chi connectivity index (χ1) is 9.01. The summed E-state index contributed by atoms with van der Waals surface area (Å²) in [4.78, 5) is 8.20. The zero-order chi connectivity index (χ0) is 14.0. The number of rotatable bonds is 3. The van der Waals surface area contributed by atoms with Gasteiger partial charge in [0.15, 0.2) is 11.6 Å². The smallest absolute Gasteiger partial charge is 0.227 e. The van der Waals surface area contributed by atoms with Gasteiger partial charge in [0.1, 0.15) is 17.5 Å². The average Bonchev–Trinajstić information content (AvgIpc) is 2.37. The maximum absolute atomic E-state index is 13.5. The Kier molecular flexibility index (Phi) is 3.59. The molecule has 2 aromatic rings. The molecule has 1 aromatic carbocycles. The second-order valence-electron chi connectivity index (χ2n) is 3.99. The Morgan fingerprint density at radius 1 is 1.26 bits per heavy atom. The monoisotopic (exact) mass is 265 g/mol. The minimum absolute atomic E-state index is 0.107. The first-order valence-corrected chi connectivity index (χ1v) is 5.77. The first-order valence-electron chi connectivity index (χ1n) is 5.77. The van der Waals surface area contributed by atoms with E-state index >= 15 is 0 Å². The van der Waals surface area contributed by atoms with Crippen LogP contribution < -0.4 is 10.5 Å². The third-order valence-corrected chi connectivity index (χ3v) is 2.60. The lowest BCUT2D eigenvalue weighted by Crippen LogP contribution is -2.04. The van der Waals surface area contributed by atoms with Crippen molar-refractivity contribution in [2.75, 3.05) is 5.73 Å². The highest BCUT2D eigenvalue weighted by Gasteiger charge is 2.13. The quantitative estimate of drug-likeness (QED) is 0.926. The molecule has 0 atom stereocenters. The number of nitrogens with two attached hydrogens (primary N) is 1. The Labute approximate surface area is 109 Å². The van der Waals surface area contributed by atoms with E-state index in [0.717, 1.165) is 12.1 Å². The molecule has 0 aliphatic carbocycles. The molecule has 0 aliphatic heterocycles. The molecule has 100 valence electrons. The van der Waals surface area contributed by atoms with Gasteiger partial charge < -0.3 is 10.5 Å². The molecule has 0 bridgehead atoms. The van der Waals surface area contributed by atoms with Crippen molar-refractivity contribution in [3.05, 3.63) is 41.2 Å². The molecule has 2 N–H and O–H groups in total. The summed E-state index contributed by atoms with van der Waals surface area (Å²) in [5, 5.41) is 0. The fourth-order valence-electron chi connectivity index (χ4n) is 1.48. The summed E-state index contributed by atoms with van der Waals surface area (Å²) in [6, 6.07) is 3.06. The zero-order valence-electron chi connectivity index (χ0n) is 10.6. The highest BCUT2D eigenvalue weighted by molar-refractivity contribution is 5.46. The number of aromatic nitrogens is 2. The summed E-state index contributed by atoms with van der Waals surface area (Å²) in [6.07, 6.45) is 0.576. The Hall–Kier alpha value is -2.24. The van der Waals surface area contributed by atoms with E-state index in [9.17, 15) is 8.78 Å². The number of nitrogen functional groups attached to an aromatic ring is 1. The van der Waals surface area contributed by atoms with Crippen molar-refractivity contribution in [2.24, 2.45) is 0 Å². The molecule has 0 saturated carbocycles. The van der Waals surface area contributed by atoms with Gasteiger partial charge in [-0.05, 0) is 19.1 Å².